The van der Waals surface area contributed by atoms with Crippen molar-refractivity contribution in [2.45, 2.75) is 18.7 Å². The summed E-state index contributed by atoms with van der Waals surface area (Å²) in [7, 11) is 0.563. The Hall–Kier alpha value is -0.780. The Balaban J connectivity index is 2.53. The van der Waals surface area contributed by atoms with E-state index in [0.29, 0.717) is 24.5 Å². The summed E-state index contributed by atoms with van der Waals surface area (Å²) in [6.45, 7) is 0.897. The van der Waals surface area contributed by atoms with Gasteiger partial charge in [0.25, 0.3) is 0 Å². The number of nitrogens with two attached hydrogens (primary N) is 1. The van der Waals surface area contributed by atoms with Crippen LogP contribution in [-0.4, -0.2) is 23.7 Å². The Morgan fingerprint density at radius 1 is 1.47 bits per heavy atom. The first-order chi connectivity index (χ1) is 8.17. The van der Waals surface area contributed by atoms with Crippen LogP contribution < -0.4 is 5.73 Å². The molecule has 0 bridgehead atoms. The summed E-state index contributed by atoms with van der Waals surface area (Å²) >= 11 is 0. The van der Waals surface area contributed by atoms with Crippen molar-refractivity contribution >= 4 is 10.8 Å². The van der Waals surface area contributed by atoms with E-state index in [1.54, 1.807) is 19.2 Å². The molecule has 3 nitrogen and oxygen atoms in total. The summed E-state index contributed by atoms with van der Waals surface area (Å²) in [4.78, 5) is 0. The zero-order valence-corrected chi connectivity index (χ0v) is 10.8. The zero-order chi connectivity index (χ0) is 12.7. The Morgan fingerprint density at radius 2 is 2.24 bits per heavy atom. The third-order valence-corrected chi connectivity index (χ3v) is 3.77. The molecule has 0 aliphatic rings. The summed E-state index contributed by atoms with van der Waals surface area (Å²) in [6.07, 6.45) is 0.728. The molecule has 0 aliphatic carbocycles. The molecule has 0 saturated carbocycles. The van der Waals surface area contributed by atoms with Crippen LogP contribution in [0.15, 0.2) is 18.2 Å². The Morgan fingerprint density at radius 3 is 2.82 bits per heavy atom. The minimum absolute atomic E-state index is 0.250. The van der Waals surface area contributed by atoms with Crippen LogP contribution in [-0.2, 0) is 27.8 Å². The highest BCUT2D eigenvalue weighted by molar-refractivity contribution is 7.84. The maximum atomic E-state index is 13.6. The molecule has 0 spiro atoms. The molecule has 0 radical (unpaired) electrons. The van der Waals surface area contributed by atoms with E-state index in [4.69, 9.17) is 10.5 Å². The van der Waals surface area contributed by atoms with Gasteiger partial charge in [-0.1, -0.05) is 12.1 Å². The van der Waals surface area contributed by atoms with Crippen molar-refractivity contribution in [3.63, 3.8) is 0 Å². The Kier molecular flexibility index (Phi) is 6.32. The molecule has 96 valence electrons. The summed E-state index contributed by atoms with van der Waals surface area (Å²) in [6, 6.07) is 4.83. The largest absolute Gasteiger partial charge is 0.385 e. The lowest BCUT2D eigenvalue weighted by molar-refractivity contribution is 0.200. The van der Waals surface area contributed by atoms with Crippen molar-refractivity contribution in [2.24, 2.45) is 5.73 Å². The molecule has 1 aromatic rings. The van der Waals surface area contributed by atoms with E-state index in [0.717, 1.165) is 12.0 Å². The van der Waals surface area contributed by atoms with Crippen LogP contribution in [0.3, 0.4) is 0 Å². The van der Waals surface area contributed by atoms with Crippen molar-refractivity contribution in [3.8, 4) is 0 Å². The van der Waals surface area contributed by atoms with Crippen LogP contribution >= 0.6 is 0 Å². The van der Waals surface area contributed by atoms with E-state index in [1.165, 1.54) is 6.07 Å². The first-order valence-corrected chi connectivity index (χ1v) is 6.97. The molecule has 1 aromatic carbocycles. The number of hydrogen-bond donors (Lipinski definition) is 1. The molecular weight excluding hydrogens is 241 g/mol. The fourth-order valence-electron chi connectivity index (χ4n) is 1.44. The van der Waals surface area contributed by atoms with Gasteiger partial charge in [0, 0.05) is 42.4 Å². The fourth-order valence-corrected chi connectivity index (χ4v) is 2.61. The first kappa shape index (κ1) is 14.3. The molecular formula is C12H18FNO2S. The van der Waals surface area contributed by atoms with Gasteiger partial charge < -0.3 is 10.5 Å². The van der Waals surface area contributed by atoms with Gasteiger partial charge in [0.05, 0.1) is 5.75 Å². The SMILES string of the molecule is COCCCS(=O)Cc1ccc(CN)cc1F. The second-order valence-corrected chi connectivity index (χ2v) is 5.34. The maximum absolute atomic E-state index is 13.6. The van der Waals surface area contributed by atoms with Crippen molar-refractivity contribution in [1.82, 2.24) is 0 Å². The van der Waals surface area contributed by atoms with E-state index >= 15 is 0 Å². The Labute approximate surface area is 104 Å². The van der Waals surface area contributed by atoms with Crippen LogP contribution in [0.5, 0.6) is 0 Å². The number of methoxy groups -OCH3 is 1. The van der Waals surface area contributed by atoms with Crippen LogP contribution in [0.25, 0.3) is 0 Å². The van der Waals surface area contributed by atoms with Crippen molar-refractivity contribution < 1.29 is 13.3 Å². The maximum Gasteiger partial charge on any atom is 0.127 e. The molecule has 1 unspecified atom stereocenters. The van der Waals surface area contributed by atoms with Crippen LogP contribution in [0.2, 0.25) is 0 Å². The highest BCUT2D eigenvalue weighted by atomic mass is 32.2. The minimum Gasteiger partial charge on any atom is -0.385 e. The quantitative estimate of drug-likeness (QED) is 0.756. The van der Waals surface area contributed by atoms with Crippen LogP contribution in [0, 0.1) is 5.82 Å². The molecule has 17 heavy (non-hydrogen) atoms. The molecule has 0 amide bonds. The molecule has 5 heteroatoms. The molecule has 0 aliphatic heterocycles. The minimum atomic E-state index is -1.04. The third-order valence-electron chi connectivity index (χ3n) is 2.39. The van der Waals surface area contributed by atoms with Gasteiger partial charge in [-0.2, -0.15) is 0 Å². The molecule has 0 fully saturated rings. The van der Waals surface area contributed by atoms with Crippen molar-refractivity contribution in [1.29, 1.82) is 0 Å². The average molecular weight is 259 g/mol. The summed E-state index contributed by atoms with van der Waals surface area (Å²) in [5.74, 6) is 0.458. The van der Waals surface area contributed by atoms with Gasteiger partial charge in [-0.3, -0.25) is 4.21 Å². The van der Waals surface area contributed by atoms with E-state index < -0.39 is 10.8 Å². The first-order valence-electron chi connectivity index (χ1n) is 5.48. The highest BCUT2D eigenvalue weighted by Gasteiger charge is 2.07. The molecule has 1 rings (SSSR count). The van der Waals surface area contributed by atoms with Gasteiger partial charge in [-0.05, 0) is 18.1 Å². The predicted octanol–water partition coefficient (Wildman–Crippen LogP) is 1.57. The normalized spacial score (nSPS) is 12.6. The van der Waals surface area contributed by atoms with E-state index in [-0.39, 0.29) is 11.6 Å². The summed E-state index contributed by atoms with van der Waals surface area (Å²) in [5.41, 5.74) is 6.64. The standard InChI is InChI=1S/C12H18FNO2S/c1-16-5-2-6-17(15)9-11-4-3-10(8-14)7-12(11)13/h3-4,7H,2,5-6,8-9,14H2,1H3. The molecule has 1 atom stereocenters. The molecule has 0 heterocycles. The van der Waals surface area contributed by atoms with E-state index in [2.05, 4.69) is 0 Å². The number of ether oxygens (including phenoxy) is 1. The summed E-state index contributed by atoms with van der Waals surface area (Å²) < 4.78 is 30.1. The fraction of sp³-hybridized carbons (Fsp3) is 0.500. The monoisotopic (exact) mass is 259 g/mol. The van der Waals surface area contributed by atoms with Gasteiger partial charge in [-0.15, -0.1) is 0 Å². The van der Waals surface area contributed by atoms with Crippen molar-refractivity contribution in [2.75, 3.05) is 19.5 Å². The second kappa shape index (κ2) is 7.53. The van der Waals surface area contributed by atoms with E-state index in [9.17, 15) is 8.60 Å². The third kappa shape index (κ3) is 4.93. The van der Waals surface area contributed by atoms with Crippen LogP contribution in [0.4, 0.5) is 4.39 Å². The zero-order valence-electron chi connectivity index (χ0n) is 9.95. The molecule has 0 aromatic heterocycles. The van der Waals surface area contributed by atoms with E-state index in [1.807, 2.05) is 0 Å². The number of benzene rings is 1. The van der Waals surface area contributed by atoms with Gasteiger partial charge in [0.15, 0.2) is 0 Å². The van der Waals surface area contributed by atoms with Gasteiger partial charge in [-0.25, -0.2) is 4.39 Å². The Bertz CT molecular complexity index is 385. The predicted molar refractivity (Wildman–Crippen MR) is 67.5 cm³/mol. The topological polar surface area (TPSA) is 52.3 Å². The molecule has 0 saturated heterocycles. The van der Waals surface area contributed by atoms with Gasteiger partial charge in [0.2, 0.25) is 0 Å². The number of halogens is 1. The second-order valence-electron chi connectivity index (χ2n) is 3.76. The van der Waals surface area contributed by atoms with Crippen molar-refractivity contribution in [3.05, 3.63) is 35.1 Å². The highest BCUT2D eigenvalue weighted by Crippen LogP contribution is 2.12. The lowest BCUT2D eigenvalue weighted by Crippen LogP contribution is -2.06. The lowest BCUT2D eigenvalue weighted by atomic mass is 10.1. The summed E-state index contributed by atoms with van der Waals surface area (Å²) in [5, 5.41) is 0. The average Bonchev–Trinajstić information content (AvgIpc) is 2.32. The lowest BCUT2D eigenvalue weighted by Gasteiger charge is -2.05. The number of rotatable bonds is 7. The van der Waals surface area contributed by atoms with Crippen LogP contribution in [0.1, 0.15) is 17.5 Å². The van der Waals surface area contributed by atoms with Gasteiger partial charge >= 0.3 is 0 Å². The number of hydrogen-bond acceptors (Lipinski definition) is 3. The van der Waals surface area contributed by atoms with Gasteiger partial charge in [0.1, 0.15) is 5.82 Å². The molecule has 2 N–H and O–H groups in total. The smallest absolute Gasteiger partial charge is 0.127 e.